The summed E-state index contributed by atoms with van der Waals surface area (Å²) in [5.41, 5.74) is 6.47. The minimum Gasteiger partial charge on any atom is -0.247 e. The van der Waals surface area contributed by atoms with Crippen molar-refractivity contribution in [3.05, 3.63) is 84.6 Å². The Hall–Kier alpha value is -3.34. The molecule has 0 fully saturated rings. The van der Waals surface area contributed by atoms with Crippen LogP contribution in [-0.2, 0) is 6.54 Å². The number of aryl methyl sites for hydroxylation is 1. The van der Waals surface area contributed by atoms with E-state index in [1.54, 1.807) is 0 Å². The maximum atomic E-state index is 4.29. The van der Waals surface area contributed by atoms with Crippen molar-refractivity contribution in [1.29, 1.82) is 0 Å². The first kappa shape index (κ1) is 15.2. The zero-order valence-electron chi connectivity index (χ0n) is 13.9. The molecule has 5 heteroatoms. The monoisotopic (exact) mass is 327 g/mol. The fraction of sp³-hybridized carbons (Fsp3) is 0.100. The van der Waals surface area contributed by atoms with E-state index in [9.17, 15) is 0 Å². The summed E-state index contributed by atoms with van der Waals surface area (Å²) < 4.78 is 1.86. The van der Waals surface area contributed by atoms with E-state index in [4.69, 9.17) is 0 Å². The second-order valence-electron chi connectivity index (χ2n) is 5.99. The third-order valence-corrected chi connectivity index (χ3v) is 4.04. The van der Waals surface area contributed by atoms with Gasteiger partial charge < -0.3 is 0 Å². The van der Waals surface area contributed by atoms with Gasteiger partial charge in [0.1, 0.15) is 12.0 Å². The molecular weight excluding hydrogens is 310 g/mol. The highest BCUT2D eigenvalue weighted by molar-refractivity contribution is 5.61. The molecule has 2 aromatic heterocycles. The van der Waals surface area contributed by atoms with Crippen molar-refractivity contribution in [2.45, 2.75) is 13.5 Å². The van der Waals surface area contributed by atoms with Crippen molar-refractivity contribution in [2.24, 2.45) is 0 Å². The van der Waals surface area contributed by atoms with Gasteiger partial charge in [-0.15, -0.1) is 5.10 Å². The summed E-state index contributed by atoms with van der Waals surface area (Å²) in [7, 11) is 0. The van der Waals surface area contributed by atoms with Gasteiger partial charge in [0.2, 0.25) is 0 Å². The molecule has 4 rings (SSSR count). The average Bonchev–Trinajstić information content (AvgIpc) is 3.12. The van der Waals surface area contributed by atoms with Gasteiger partial charge in [-0.3, -0.25) is 0 Å². The van der Waals surface area contributed by atoms with E-state index in [0.717, 1.165) is 22.4 Å². The lowest BCUT2D eigenvalue weighted by atomic mass is 10.1. The summed E-state index contributed by atoms with van der Waals surface area (Å²) in [5, 5.41) is 8.53. The summed E-state index contributed by atoms with van der Waals surface area (Å²) in [5.74, 6) is 0. The van der Waals surface area contributed by atoms with Crippen LogP contribution in [0.5, 0.6) is 0 Å². The quantitative estimate of drug-likeness (QED) is 0.573. The molecule has 0 atom stereocenters. The van der Waals surface area contributed by atoms with Gasteiger partial charge in [-0.25, -0.2) is 14.6 Å². The molecule has 0 aliphatic rings. The number of benzene rings is 2. The van der Waals surface area contributed by atoms with E-state index >= 15 is 0 Å². The fourth-order valence-electron chi connectivity index (χ4n) is 2.75. The standard InChI is InChI=1S/C20H17N5/c1-15-3-2-4-18(9-15)20-13-25(24-23-20)12-16-5-7-17(8-6-16)19-10-21-14-22-11-19/h2-11,13-14H,12H2,1H3. The minimum absolute atomic E-state index is 0.685. The van der Waals surface area contributed by atoms with Crippen molar-refractivity contribution in [2.75, 3.05) is 0 Å². The smallest absolute Gasteiger partial charge is 0.115 e. The Kier molecular flexibility index (Phi) is 4.04. The largest absolute Gasteiger partial charge is 0.247 e. The maximum absolute atomic E-state index is 4.29. The van der Waals surface area contributed by atoms with Crippen molar-refractivity contribution in [1.82, 2.24) is 25.0 Å². The molecule has 0 saturated carbocycles. The second-order valence-corrected chi connectivity index (χ2v) is 5.99. The van der Waals surface area contributed by atoms with Crippen LogP contribution in [0.1, 0.15) is 11.1 Å². The topological polar surface area (TPSA) is 56.5 Å². The Balaban J connectivity index is 1.51. The fourth-order valence-corrected chi connectivity index (χ4v) is 2.75. The molecule has 2 aromatic carbocycles. The van der Waals surface area contributed by atoms with Gasteiger partial charge in [-0.1, -0.05) is 53.2 Å². The van der Waals surface area contributed by atoms with E-state index in [0.29, 0.717) is 6.54 Å². The summed E-state index contributed by atoms with van der Waals surface area (Å²) in [6.45, 7) is 2.76. The summed E-state index contributed by atoms with van der Waals surface area (Å²) in [6.07, 6.45) is 7.14. The third kappa shape index (κ3) is 3.45. The van der Waals surface area contributed by atoms with Crippen LogP contribution in [0.4, 0.5) is 0 Å². The van der Waals surface area contributed by atoms with Crippen LogP contribution in [-0.4, -0.2) is 25.0 Å². The van der Waals surface area contributed by atoms with Crippen LogP contribution in [0, 0.1) is 6.92 Å². The zero-order valence-corrected chi connectivity index (χ0v) is 13.9. The van der Waals surface area contributed by atoms with Gasteiger partial charge in [-0.2, -0.15) is 0 Å². The first-order valence-electron chi connectivity index (χ1n) is 8.09. The number of rotatable bonds is 4. The summed E-state index contributed by atoms with van der Waals surface area (Å²) >= 11 is 0. The second kappa shape index (κ2) is 6.65. The molecule has 0 unspecified atom stereocenters. The van der Waals surface area contributed by atoms with Crippen molar-refractivity contribution in [3.63, 3.8) is 0 Å². The molecule has 0 aliphatic heterocycles. The van der Waals surface area contributed by atoms with Gasteiger partial charge >= 0.3 is 0 Å². The third-order valence-electron chi connectivity index (χ3n) is 4.04. The van der Waals surface area contributed by atoms with Gasteiger partial charge in [-0.05, 0) is 24.1 Å². The normalized spacial score (nSPS) is 10.8. The Morgan fingerprint density at radius 1 is 0.880 bits per heavy atom. The average molecular weight is 327 g/mol. The molecule has 2 heterocycles. The predicted octanol–water partition coefficient (Wildman–Crippen LogP) is 3.76. The molecule has 0 radical (unpaired) electrons. The molecule has 5 nitrogen and oxygen atoms in total. The van der Waals surface area contributed by atoms with Crippen LogP contribution in [0.2, 0.25) is 0 Å². The zero-order chi connectivity index (χ0) is 17.1. The first-order chi connectivity index (χ1) is 12.3. The van der Waals surface area contributed by atoms with Crippen molar-refractivity contribution >= 4 is 0 Å². The van der Waals surface area contributed by atoms with E-state index < -0.39 is 0 Å². The van der Waals surface area contributed by atoms with Crippen LogP contribution >= 0.6 is 0 Å². The lowest BCUT2D eigenvalue weighted by molar-refractivity contribution is 0.650. The highest BCUT2D eigenvalue weighted by atomic mass is 15.4. The Morgan fingerprint density at radius 2 is 1.68 bits per heavy atom. The molecule has 0 spiro atoms. The summed E-state index contributed by atoms with van der Waals surface area (Å²) in [4.78, 5) is 8.11. The Bertz CT molecular complexity index is 974. The molecular formula is C20H17N5. The molecule has 0 saturated heterocycles. The molecule has 0 bridgehead atoms. The van der Waals surface area contributed by atoms with Crippen molar-refractivity contribution < 1.29 is 0 Å². The molecule has 122 valence electrons. The Morgan fingerprint density at radius 3 is 2.44 bits per heavy atom. The van der Waals surface area contributed by atoms with E-state index in [-0.39, 0.29) is 0 Å². The van der Waals surface area contributed by atoms with Crippen LogP contribution in [0.15, 0.2) is 73.4 Å². The highest BCUT2D eigenvalue weighted by Crippen LogP contribution is 2.19. The van der Waals surface area contributed by atoms with E-state index in [1.165, 1.54) is 17.5 Å². The number of nitrogens with zero attached hydrogens (tertiary/aromatic N) is 5. The lowest BCUT2D eigenvalue weighted by Crippen LogP contribution is -2.00. The SMILES string of the molecule is Cc1cccc(-c2cn(Cc3ccc(-c4cncnc4)cc3)nn2)c1. The first-order valence-corrected chi connectivity index (χ1v) is 8.09. The van der Waals surface area contributed by atoms with Crippen molar-refractivity contribution in [3.8, 4) is 22.4 Å². The van der Waals surface area contributed by atoms with Gasteiger partial charge in [0, 0.05) is 23.5 Å². The van der Waals surface area contributed by atoms with Crippen LogP contribution < -0.4 is 0 Å². The molecule has 25 heavy (non-hydrogen) atoms. The lowest BCUT2D eigenvalue weighted by Gasteiger charge is -2.04. The predicted molar refractivity (Wildman–Crippen MR) is 96.8 cm³/mol. The highest BCUT2D eigenvalue weighted by Gasteiger charge is 2.05. The van der Waals surface area contributed by atoms with Gasteiger partial charge in [0.25, 0.3) is 0 Å². The number of hydrogen-bond donors (Lipinski definition) is 0. The van der Waals surface area contributed by atoms with E-state index in [1.807, 2.05) is 29.3 Å². The minimum atomic E-state index is 0.685. The molecule has 0 aliphatic carbocycles. The summed E-state index contributed by atoms with van der Waals surface area (Å²) in [6, 6.07) is 16.6. The van der Waals surface area contributed by atoms with E-state index in [2.05, 4.69) is 69.7 Å². The molecule has 4 aromatic rings. The molecule has 0 N–H and O–H groups in total. The van der Waals surface area contributed by atoms with Crippen LogP contribution in [0.3, 0.4) is 0 Å². The maximum Gasteiger partial charge on any atom is 0.115 e. The number of hydrogen-bond acceptors (Lipinski definition) is 4. The Labute approximate surface area is 146 Å². The van der Waals surface area contributed by atoms with Gasteiger partial charge in [0.15, 0.2) is 0 Å². The number of aromatic nitrogens is 5. The van der Waals surface area contributed by atoms with Crippen LogP contribution in [0.25, 0.3) is 22.4 Å². The molecule has 0 amide bonds. The van der Waals surface area contributed by atoms with Gasteiger partial charge in [0.05, 0.1) is 12.7 Å².